The molecule has 0 aliphatic carbocycles. The molecule has 6 heteroatoms. The summed E-state index contributed by atoms with van der Waals surface area (Å²) in [6.45, 7) is 8.18. The maximum atomic E-state index is 11.7. The lowest BCUT2D eigenvalue weighted by Gasteiger charge is -2.29. The summed E-state index contributed by atoms with van der Waals surface area (Å²) in [6.07, 6.45) is 0.591. The van der Waals surface area contributed by atoms with E-state index in [9.17, 15) is 13.2 Å². The fraction of sp³-hybridized carbons (Fsp3) is 0.900. The van der Waals surface area contributed by atoms with Crippen LogP contribution < -0.4 is 0 Å². The molecule has 0 bridgehead atoms. The van der Waals surface area contributed by atoms with E-state index in [1.165, 1.54) is 13.8 Å². The molecule has 0 rings (SSSR count). The van der Waals surface area contributed by atoms with E-state index in [0.717, 1.165) is 0 Å². The molecule has 0 aromatic heterocycles. The summed E-state index contributed by atoms with van der Waals surface area (Å²) < 4.78 is 35.2. The van der Waals surface area contributed by atoms with E-state index in [1.54, 1.807) is 13.8 Å². The van der Waals surface area contributed by atoms with E-state index < -0.39 is 32.9 Å². The summed E-state index contributed by atoms with van der Waals surface area (Å²) in [4.78, 5) is 11.7. The Morgan fingerprint density at radius 1 is 1.25 bits per heavy atom. The molecule has 0 amide bonds. The molecule has 0 saturated carbocycles. The van der Waals surface area contributed by atoms with Crippen molar-refractivity contribution in [1.29, 1.82) is 0 Å². The van der Waals surface area contributed by atoms with E-state index in [0.29, 0.717) is 6.42 Å². The van der Waals surface area contributed by atoms with Gasteiger partial charge in [-0.1, -0.05) is 6.92 Å². The predicted octanol–water partition coefficient (Wildman–Crippen LogP) is 1.63. The van der Waals surface area contributed by atoms with Gasteiger partial charge in [-0.05, 0) is 34.1 Å². The fourth-order valence-electron chi connectivity index (χ4n) is 1.00. The number of esters is 1. The summed E-state index contributed by atoms with van der Waals surface area (Å²) in [5.74, 6) is -1.07. The third-order valence-corrected chi connectivity index (χ3v) is 3.40. The van der Waals surface area contributed by atoms with Gasteiger partial charge < -0.3 is 4.74 Å². The van der Waals surface area contributed by atoms with Crippen molar-refractivity contribution in [3.63, 3.8) is 0 Å². The van der Waals surface area contributed by atoms with Gasteiger partial charge in [0.25, 0.3) is 10.1 Å². The Hall–Kier alpha value is -0.620. The van der Waals surface area contributed by atoms with Gasteiger partial charge in [0.1, 0.15) is 11.4 Å². The van der Waals surface area contributed by atoms with Crippen LogP contribution in [0, 0.1) is 5.41 Å². The van der Waals surface area contributed by atoms with Crippen LogP contribution in [0.1, 0.15) is 41.0 Å². The Balaban J connectivity index is 4.67. The van der Waals surface area contributed by atoms with Crippen LogP contribution in [0.3, 0.4) is 0 Å². The molecule has 0 unspecified atom stereocenters. The van der Waals surface area contributed by atoms with Crippen molar-refractivity contribution in [2.45, 2.75) is 46.6 Å². The van der Waals surface area contributed by atoms with Gasteiger partial charge in [-0.25, -0.2) is 0 Å². The zero-order valence-corrected chi connectivity index (χ0v) is 11.2. The second-order valence-corrected chi connectivity index (χ2v) is 6.57. The first-order valence-corrected chi connectivity index (χ1v) is 6.69. The maximum absolute atomic E-state index is 11.7. The number of rotatable bonds is 5. The van der Waals surface area contributed by atoms with Crippen LogP contribution in [0.15, 0.2) is 0 Å². The summed E-state index contributed by atoms with van der Waals surface area (Å²) in [6, 6.07) is 0. The van der Waals surface area contributed by atoms with Gasteiger partial charge in [0.15, 0.2) is 0 Å². The molecule has 0 radical (unpaired) electrons. The monoisotopic (exact) mass is 252 g/mol. The average Bonchev–Trinajstić information content (AvgIpc) is 1.98. The van der Waals surface area contributed by atoms with Gasteiger partial charge in [0.2, 0.25) is 0 Å². The molecule has 0 fully saturated rings. The number of carbonyl (C=O) groups is 1. The van der Waals surface area contributed by atoms with Crippen molar-refractivity contribution in [2.24, 2.45) is 5.41 Å². The van der Waals surface area contributed by atoms with E-state index in [1.807, 2.05) is 6.92 Å². The molecule has 0 atom stereocenters. The third kappa shape index (κ3) is 5.46. The first-order valence-electron chi connectivity index (χ1n) is 5.08. The summed E-state index contributed by atoms with van der Waals surface area (Å²) in [5.41, 5.74) is -1.88. The second kappa shape index (κ2) is 4.71. The standard InChI is InChI=1S/C10H20O5S/c1-6-9(2,3)8(11)15-10(4,5)7-16(12,13)14/h6-7H2,1-5H3,(H,12,13,14). The van der Waals surface area contributed by atoms with Gasteiger partial charge in [-0.2, -0.15) is 8.42 Å². The minimum atomic E-state index is -4.16. The highest BCUT2D eigenvalue weighted by atomic mass is 32.2. The molecule has 0 aromatic carbocycles. The number of hydrogen-bond acceptors (Lipinski definition) is 4. The molecule has 5 nitrogen and oxygen atoms in total. The smallest absolute Gasteiger partial charge is 0.312 e. The minimum Gasteiger partial charge on any atom is -0.458 e. The number of ether oxygens (including phenoxy) is 1. The van der Waals surface area contributed by atoms with Crippen molar-refractivity contribution >= 4 is 16.1 Å². The largest absolute Gasteiger partial charge is 0.458 e. The molecular formula is C10H20O5S. The van der Waals surface area contributed by atoms with E-state index in [2.05, 4.69) is 0 Å². The molecule has 96 valence electrons. The topological polar surface area (TPSA) is 80.7 Å². The van der Waals surface area contributed by atoms with E-state index in [-0.39, 0.29) is 0 Å². The quantitative estimate of drug-likeness (QED) is 0.594. The van der Waals surface area contributed by atoms with Crippen LogP contribution in [-0.2, 0) is 19.6 Å². The molecule has 0 saturated heterocycles. The third-order valence-electron chi connectivity index (χ3n) is 2.34. The van der Waals surface area contributed by atoms with Gasteiger partial charge in [0, 0.05) is 0 Å². The first kappa shape index (κ1) is 15.4. The Bertz CT molecular complexity index is 353. The molecule has 16 heavy (non-hydrogen) atoms. The molecule has 0 heterocycles. The van der Waals surface area contributed by atoms with E-state index >= 15 is 0 Å². The van der Waals surface area contributed by atoms with Crippen LogP contribution in [-0.4, -0.2) is 30.3 Å². The van der Waals surface area contributed by atoms with Crippen molar-refractivity contribution < 1.29 is 22.5 Å². The average molecular weight is 252 g/mol. The Labute approximate surface area is 96.9 Å². The van der Waals surface area contributed by atoms with Crippen LogP contribution in [0.25, 0.3) is 0 Å². The molecule has 0 spiro atoms. The highest BCUT2D eigenvalue weighted by Crippen LogP contribution is 2.25. The lowest BCUT2D eigenvalue weighted by molar-refractivity contribution is -0.165. The van der Waals surface area contributed by atoms with E-state index in [4.69, 9.17) is 9.29 Å². The highest BCUT2D eigenvalue weighted by molar-refractivity contribution is 7.85. The van der Waals surface area contributed by atoms with Crippen molar-refractivity contribution in [2.75, 3.05) is 5.75 Å². The molecule has 0 aliphatic heterocycles. The lowest BCUT2D eigenvalue weighted by atomic mass is 9.90. The number of carbonyl (C=O) groups excluding carboxylic acids is 1. The van der Waals surface area contributed by atoms with Gasteiger partial charge >= 0.3 is 5.97 Å². The highest BCUT2D eigenvalue weighted by Gasteiger charge is 2.35. The Morgan fingerprint density at radius 3 is 2.00 bits per heavy atom. The summed E-state index contributed by atoms with van der Waals surface area (Å²) in [7, 11) is -4.16. The van der Waals surface area contributed by atoms with Crippen LogP contribution in [0.4, 0.5) is 0 Å². The first-order chi connectivity index (χ1) is 6.90. The van der Waals surface area contributed by atoms with Crippen LogP contribution in [0.5, 0.6) is 0 Å². The summed E-state index contributed by atoms with van der Waals surface area (Å²) in [5, 5.41) is 0. The van der Waals surface area contributed by atoms with Crippen LogP contribution in [0.2, 0.25) is 0 Å². The SMILES string of the molecule is CCC(C)(C)C(=O)OC(C)(C)CS(=O)(=O)O. The molecule has 1 N–H and O–H groups in total. The van der Waals surface area contributed by atoms with Gasteiger partial charge in [0.05, 0.1) is 5.41 Å². The van der Waals surface area contributed by atoms with Crippen molar-refractivity contribution in [1.82, 2.24) is 0 Å². The number of hydrogen-bond donors (Lipinski definition) is 1. The van der Waals surface area contributed by atoms with Crippen molar-refractivity contribution in [3.05, 3.63) is 0 Å². The zero-order chi connectivity index (χ0) is 13.2. The van der Waals surface area contributed by atoms with Gasteiger partial charge in [-0.15, -0.1) is 0 Å². The van der Waals surface area contributed by atoms with Crippen molar-refractivity contribution in [3.8, 4) is 0 Å². The van der Waals surface area contributed by atoms with Gasteiger partial charge in [-0.3, -0.25) is 9.35 Å². The van der Waals surface area contributed by atoms with Crippen LogP contribution >= 0.6 is 0 Å². The normalized spacial score (nSPS) is 13.6. The summed E-state index contributed by atoms with van der Waals surface area (Å²) >= 11 is 0. The Kier molecular flexibility index (Phi) is 4.53. The predicted molar refractivity (Wildman–Crippen MR) is 60.7 cm³/mol. The second-order valence-electron chi connectivity index (χ2n) is 5.11. The maximum Gasteiger partial charge on any atom is 0.312 e. The lowest BCUT2D eigenvalue weighted by Crippen LogP contribution is -2.40. The fourth-order valence-corrected chi connectivity index (χ4v) is 1.94. The minimum absolute atomic E-state index is 0.469. The molecular weight excluding hydrogens is 232 g/mol. The Morgan fingerprint density at radius 2 is 1.69 bits per heavy atom. The molecule has 0 aromatic rings. The molecule has 0 aliphatic rings. The zero-order valence-electron chi connectivity index (χ0n) is 10.4.